The number of nitrogens with one attached hydrogen (secondary N) is 2. The van der Waals surface area contributed by atoms with Gasteiger partial charge in [-0.3, -0.25) is 10.1 Å². The predicted octanol–water partition coefficient (Wildman–Crippen LogP) is 2.84. The van der Waals surface area contributed by atoms with Crippen molar-refractivity contribution in [2.45, 2.75) is 38.3 Å². The van der Waals surface area contributed by atoms with Crippen LogP contribution in [0.5, 0.6) is 0 Å². The van der Waals surface area contributed by atoms with Gasteiger partial charge >= 0.3 is 12.0 Å². The summed E-state index contributed by atoms with van der Waals surface area (Å²) in [4.78, 5) is 23.2. The number of carbonyl (C=O) groups is 2. The Hall–Kier alpha value is -2.90. The Morgan fingerprint density at radius 3 is 2.50 bits per heavy atom. The van der Waals surface area contributed by atoms with Crippen molar-refractivity contribution in [1.82, 2.24) is 15.1 Å². The van der Waals surface area contributed by atoms with Crippen molar-refractivity contribution >= 4 is 17.8 Å². The van der Waals surface area contributed by atoms with Gasteiger partial charge in [-0.15, -0.1) is 0 Å². The SMILES string of the molecule is O=C(Nc1ccnn1Cc1ccc(F)cc1)NC1CCC(C(=O)O)CC1. The van der Waals surface area contributed by atoms with Crippen LogP contribution in [0.25, 0.3) is 0 Å². The zero-order valence-electron chi connectivity index (χ0n) is 14.2. The fraction of sp³-hybridized carbons (Fsp3) is 0.389. The Balaban J connectivity index is 1.53. The van der Waals surface area contributed by atoms with Crippen LogP contribution in [-0.4, -0.2) is 32.9 Å². The average Bonchev–Trinajstić information content (AvgIpc) is 3.04. The maximum Gasteiger partial charge on any atom is 0.320 e. The van der Waals surface area contributed by atoms with Gasteiger partial charge in [0.2, 0.25) is 0 Å². The second kappa shape index (κ2) is 7.99. The van der Waals surface area contributed by atoms with Gasteiger partial charge in [0.1, 0.15) is 11.6 Å². The third-order valence-corrected chi connectivity index (χ3v) is 4.62. The summed E-state index contributed by atoms with van der Waals surface area (Å²) in [6.07, 6.45) is 4.03. The maximum atomic E-state index is 13.0. The van der Waals surface area contributed by atoms with Gasteiger partial charge in [0.25, 0.3) is 0 Å². The van der Waals surface area contributed by atoms with E-state index in [1.165, 1.54) is 12.1 Å². The Kier molecular flexibility index (Phi) is 5.50. The fourth-order valence-corrected chi connectivity index (χ4v) is 3.15. The van der Waals surface area contributed by atoms with Gasteiger partial charge in [0.15, 0.2) is 0 Å². The van der Waals surface area contributed by atoms with Crippen molar-refractivity contribution in [2.24, 2.45) is 5.92 Å². The molecule has 1 aliphatic carbocycles. The van der Waals surface area contributed by atoms with Crippen LogP contribution >= 0.6 is 0 Å². The topological polar surface area (TPSA) is 96.3 Å². The number of carbonyl (C=O) groups excluding carboxylic acids is 1. The van der Waals surface area contributed by atoms with Crippen LogP contribution in [-0.2, 0) is 11.3 Å². The summed E-state index contributed by atoms with van der Waals surface area (Å²) in [6, 6.07) is 7.41. The van der Waals surface area contributed by atoms with E-state index in [0.29, 0.717) is 38.0 Å². The molecule has 26 heavy (non-hydrogen) atoms. The Labute approximate surface area is 150 Å². The van der Waals surface area contributed by atoms with Crippen molar-refractivity contribution in [3.05, 3.63) is 47.9 Å². The third kappa shape index (κ3) is 4.59. The number of halogens is 1. The minimum atomic E-state index is -0.766. The molecule has 1 aromatic carbocycles. The van der Waals surface area contributed by atoms with Crippen LogP contribution < -0.4 is 10.6 Å². The highest BCUT2D eigenvalue weighted by atomic mass is 19.1. The molecular formula is C18H21FN4O3. The second-order valence-electron chi connectivity index (χ2n) is 6.49. The summed E-state index contributed by atoms with van der Waals surface area (Å²) < 4.78 is 14.6. The lowest BCUT2D eigenvalue weighted by atomic mass is 9.86. The molecule has 0 unspecified atom stereocenters. The van der Waals surface area contributed by atoms with Crippen LogP contribution in [0.3, 0.4) is 0 Å². The van der Waals surface area contributed by atoms with Gasteiger partial charge in [-0.05, 0) is 43.4 Å². The number of hydrogen-bond donors (Lipinski definition) is 3. The first-order valence-corrected chi connectivity index (χ1v) is 8.58. The molecule has 8 heteroatoms. The van der Waals surface area contributed by atoms with E-state index in [0.717, 1.165) is 5.56 Å². The van der Waals surface area contributed by atoms with Crippen molar-refractivity contribution < 1.29 is 19.1 Å². The number of nitrogens with zero attached hydrogens (tertiary/aromatic N) is 2. The van der Waals surface area contributed by atoms with Gasteiger partial charge < -0.3 is 10.4 Å². The third-order valence-electron chi connectivity index (χ3n) is 4.62. The molecule has 3 rings (SSSR count). The van der Waals surface area contributed by atoms with E-state index >= 15 is 0 Å². The van der Waals surface area contributed by atoms with Gasteiger partial charge in [0, 0.05) is 12.1 Å². The van der Waals surface area contributed by atoms with Gasteiger partial charge in [0.05, 0.1) is 18.7 Å². The number of carboxylic acid groups (broad SMARTS) is 1. The number of carboxylic acids is 1. The van der Waals surface area contributed by atoms with E-state index in [2.05, 4.69) is 15.7 Å². The molecule has 2 amide bonds. The minimum absolute atomic E-state index is 0.0286. The molecule has 2 aromatic rings. The van der Waals surface area contributed by atoms with Gasteiger partial charge in [-0.2, -0.15) is 5.10 Å². The number of aliphatic carboxylic acids is 1. The molecule has 1 aromatic heterocycles. The first kappa shape index (κ1) is 17.9. The predicted molar refractivity (Wildman–Crippen MR) is 93.3 cm³/mol. The highest BCUT2D eigenvalue weighted by Gasteiger charge is 2.26. The molecule has 3 N–H and O–H groups in total. The molecule has 1 heterocycles. The van der Waals surface area contributed by atoms with E-state index in [1.54, 1.807) is 29.1 Å². The molecule has 1 aliphatic rings. The summed E-state index contributed by atoms with van der Waals surface area (Å²) in [5.74, 6) is -0.846. The Bertz CT molecular complexity index is 767. The number of rotatable bonds is 5. The number of urea groups is 1. The number of hydrogen-bond acceptors (Lipinski definition) is 3. The number of amides is 2. The molecule has 7 nitrogen and oxygen atoms in total. The molecule has 0 aliphatic heterocycles. The summed E-state index contributed by atoms with van der Waals surface area (Å²) in [7, 11) is 0. The number of anilines is 1. The summed E-state index contributed by atoms with van der Waals surface area (Å²) >= 11 is 0. The van der Waals surface area contributed by atoms with E-state index in [4.69, 9.17) is 5.11 Å². The highest BCUT2D eigenvalue weighted by Crippen LogP contribution is 2.24. The second-order valence-corrected chi connectivity index (χ2v) is 6.49. The van der Waals surface area contributed by atoms with Crippen LogP contribution in [0, 0.1) is 11.7 Å². The lowest BCUT2D eigenvalue weighted by Gasteiger charge is -2.26. The van der Waals surface area contributed by atoms with Crippen molar-refractivity contribution in [3.63, 3.8) is 0 Å². The van der Waals surface area contributed by atoms with Gasteiger partial charge in [-0.1, -0.05) is 12.1 Å². The molecule has 1 saturated carbocycles. The molecule has 0 atom stereocenters. The molecule has 0 saturated heterocycles. The molecule has 138 valence electrons. The normalized spacial score (nSPS) is 19.7. The first-order valence-electron chi connectivity index (χ1n) is 8.58. The summed E-state index contributed by atoms with van der Waals surface area (Å²) in [5.41, 5.74) is 0.866. The van der Waals surface area contributed by atoms with Crippen molar-refractivity contribution in [1.29, 1.82) is 0 Å². The largest absolute Gasteiger partial charge is 0.481 e. The Morgan fingerprint density at radius 1 is 1.15 bits per heavy atom. The lowest BCUT2D eigenvalue weighted by molar-refractivity contribution is -0.142. The van der Waals surface area contributed by atoms with Crippen LogP contribution in [0.1, 0.15) is 31.2 Å². The zero-order valence-corrected chi connectivity index (χ0v) is 14.2. The quantitative estimate of drug-likeness (QED) is 0.764. The van der Waals surface area contributed by atoms with E-state index < -0.39 is 5.97 Å². The van der Waals surface area contributed by atoms with Crippen LogP contribution in [0.15, 0.2) is 36.5 Å². The number of benzene rings is 1. The zero-order chi connectivity index (χ0) is 18.5. The summed E-state index contributed by atoms with van der Waals surface area (Å²) in [6.45, 7) is 0.409. The molecule has 0 radical (unpaired) electrons. The molecule has 0 spiro atoms. The summed E-state index contributed by atoms with van der Waals surface area (Å²) in [5, 5.41) is 18.8. The lowest BCUT2D eigenvalue weighted by Crippen LogP contribution is -2.41. The van der Waals surface area contributed by atoms with Crippen molar-refractivity contribution in [3.8, 4) is 0 Å². The number of aromatic nitrogens is 2. The fourth-order valence-electron chi connectivity index (χ4n) is 3.15. The smallest absolute Gasteiger partial charge is 0.320 e. The van der Waals surface area contributed by atoms with Crippen LogP contribution in [0.4, 0.5) is 15.0 Å². The monoisotopic (exact) mass is 360 g/mol. The first-order chi connectivity index (χ1) is 12.5. The van der Waals surface area contributed by atoms with Crippen molar-refractivity contribution in [2.75, 3.05) is 5.32 Å². The van der Waals surface area contributed by atoms with E-state index in [1.807, 2.05) is 0 Å². The van der Waals surface area contributed by atoms with E-state index in [9.17, 15) is 14.0 Å². The highest BCUT2D eigenvalue weighted by molar-refractivity contribution is 5.88. The van der Waals surface area contributed by atoms with Crippen LogP contribution in [0.2, 0.25) is 0 Å². The molecular weight excluding hydrogens is 339 g/mol. The molecule has 0 bridgehead atoms. The minimum Gasteiger partial charge on any atom is -0.481 e. The Morgan fingerprint density at radius 2 is 1.85 bits per heavy atom. The standard InChI is InChI=1S/C18H21FN4O3/c19-14-5-1-12(2-6-14)11-23-16(9-10-20-23)22-18(26)21-15-7-3-13(4-8-15)17(24)25/h1-2,5-6,9-10,13,15H,3-4,7-8,11H2,(H,24,25)(H2,21,22,26). The maximum absolute atomic E-state index is 13.0. The van der Waals surface area contributed by atoms with E-state index in [-0.39, 0.29) is 23.8 Å². The molecule has 1 fully saturated rings. The van der Waals surface area contributed by atoms with Gasteiger partial charge in [-0.25, -0.2) is 13.9 Å². The average molecular weight is 360 g/mol.